The molecule has 0 spiro atoms. The number of para-hydroxylation sites is 2. The largest absolute Gasteiger partial charge is 0.316 e. The summed E-state index contributed by atoms with van der Waals surface area (Å²) in [5.74, 6) is 0.817. The summed E-state index contributed by atoms with van der Waals surface area (Å²) in [6.07, 6.45) is 3.50. The summed E-state index contributed by atoms with van der Waals surface area (Å²) in [6, 6.07) is 21.0. The Labute approximate surface area is 139 Å². The van der Waals surface area contributed by atoms with Gasteiger partial charge in [-0.3, -0.25) is 9.78 Å². The highest BCUT2D eigenvalue weighted by atomic mass is 16.1. The first kappa shape index (κ1) is 14.3. The molecule has 24 heavy (non-hydrogen) atoms. The highest BCUT2D eigenvalue weighted by Gasteiger charge is 2.15. The predicted molar refractivity (Wildman–Crippen MR) is 93.7 cm³/mol. The molecule has 4 heteroatoms. The van der Waals surface area contributed by atoms with Crippen molar-refractivity contribution in [1.82, 2.24) is 14.5 Å². The summed E-state index contributed by atoms with van der Waals surface area (Å²) >= 11 is 0. The van der Waals surface area contributed by atoms with E-state index in [4.69, 9.17) is 4.98 Å². The standard InChI is InChI=1S/C20H15N3O/c24-19(15-7-2-1-3-8-15)14-23-18-11-5-4-10-17(18)22-20(23)16-9-6-12-21-13-16/h1-13H,14H2. The van der Waals surface area contributed by atoms with Crippen LogP contribution >= 0.6 is 0 Å². The second kappa shape index (κ2) is 6.08. The zero-order valence-corrected chi connectivity index (χ0v) is 13.0. The number of rotatable bonds is 4. The summed E-state index contributed by atoms with van der Waals surface area (Å²) in [7, 11) is 0. The number of aromatic nitrogens is 3. The van der Waals surface area contributed by atoms with Crippen LogP contribution in [0.5, 0.6) is 0 Å². The summed E-state index contributed by atoms with van der Waals surface area (Å²) in [6.45, 7) is 0.245. The van der Waals surface area contributed by atoms with Crippen LogP contribution in [0, 0.1) is 0 Å². The number of imidazole rings is 1. The van der Waals surface area contributed by atoms with Crippen LogP contribution in [0.25, 0.3) is 22.4 Å². The van der Waals surface area contributed by atoms with E-state index in [1.54, 1.807) is 12.4 Å². The second-order valence-corrected chi connectivity index (χ2v) is 5.54. The quantitative estimate of drug-likeness (QED) is 0.535. The summed E-state index contributed by atoms with van der Waals surface area (Å²) in [5.41, 5.74) is 3.42. The third-order valence-electron chi connectivity index (χ3n) is 3.97. The molecule has 2 aromatic carbocycles. The van der Waals surface area contributed by atoms with Crippen LogP contribution in [-0.2, 0) is 6.54 Å². The van der Waals surface area contributed by atoms with Crippen molar-refractivity contribution in [2.24, 2.45) is 0 Å². The normalized spacial score (nSPS) is 10.8. The maximum atomic E-state index is 12.7. The van der Waals surface area contributed by atoms with Gasteiger partial charge in [0.1, 0.15) is 5.82 Å². The summed E-state index contributed by atoms with van der Waals surface area (Å²) < 4.78 is 1.96. The molecule has 0 atom stereocenters. The molecule has 0 aliphatic carbocycles. The van der Waals surface area contributed by atoms with Gasteiger partial charge >= 0.3 is 0 Å². The molecule has 0 radical (unpaired) electrons. The van der Waals surface area contributed by atoms with Crippen molar-refractivity contribution in [2.75, 3.05) is 0 Å². The van der Waals surface area contributed by atoms with Crippen LogP contribution in [0.3, 0.4) is 0 Å². The van der Waals surface area contributed by atoms with E-state index < -0.39 is 0 Å². The van der Waals surface area contributed by atoms with Crippen LogP contribution < -0.4 is 0 Å². The van der Waals surface area contributed by atoms with Gasteiger partial charge in [-0.15, -0.1) is 0 Å². The zero-order valence-electron chi connectivity index (χ0n) is 13.0. The number of fused-ring (bicyclic) bond motifs is 1. The molecule has 4 aromatic rings. The Morgan fingerprint density at radius 1 is 0.917 bits per heavy atom. The number of carbonyl (C=O) groups excluding carboxylic acids is 1. The predicted octanol–water partition coefficient (Wildman–Crippen LogP) is 3.98. The Morgan fingerprint density at radius 2 is 1.71 bits per heavy atom. The van der Waals surface area contributed by atoms with Gasteiger partial charge in [0, 0.05) is 23.5 Å². The number of Topliss-reactive ketones (excluding diaryl/α,β-unsaturated/α-hetero) is 1. The van der Waals surface area contributed by atoms with Crippen molar-refractivity contribution in [1.29, 1.82) is 0 Å². The third kappa shape index (κ3) is 2.58. The average Bonchev–Trinajstić information content (AvgIpc) is 3.02. The van der Waals surface area contributed by atoms with E-state index in [0.29, 0.717) is 5.56 Å². The van der Waals surface area contributed by atoms with E-state index in [2.05, 4.69) is 4.98 Å². The number of carbonyl (C=O) groups is 1. The van der Waals surface area contributed by atoms with Crippen LogP contribution in [-0.4, -0.2) is 20.3 Å². The molecule has 0 unspecified atom stereocenters. The minimum Gasteiger partial charge on any atom is -0.316 e. The van der Waals surface area contributed by atoms with Crippen LogP contribution in [0.15, 0.2) is 79.1 Å². The Balaban J connectivity index is 1.83. The first-order valence-corrected chi connectivity index (χ1v) is 7.77. The Bertz CT molecular complexity index is 991. The van der Waals surface area contributed by atoms with Gasteiger partial charge in [0.2, 0.25) is 0 Å². The fourth-order valence-corrected chi connectivity index (χ4v) is 2.81. The maximum Gasteiger partial charge on any atom is 0.182 e. The van der Waals surface area contributed by atoms with Gasteiger partial charge in [-0.25, -0.2) is 4.98 Å². The molecule has 4 nitrogen and oxygen atoms in total. The molecule has 0 fully saturated rings. The number of pyridine rings is 1. The van der Waals surface area contributed by atoms with Gasteiger partial charge in [-0.05, 0) is 24.3 Å². The minimum atomic E-state index is 0.0592. The number of hydrogen-bond acceptors (Lipinski definition) is 3. The molecule has 116 valence electrons. The summed E-state index contributed by atoms with van der Waals surface area (Å²) in [5, 5.41) is 0. The van der Waals surface area contributed by atoms with E-state index in [0.717, 1.165) is 22.4 Å². The molecule has 0 aliphatic heterocycles. The van der Waals surface area contributed by atoms with Crippen molar-refractivity contribution in [3.63, 3.8) is 0 Å². The van der Waals surface area contributed by atoms with Crippen LogP contribution in [0.2, 0.25) is 0 Å². The first-order chi connectivity index (χ1) is 11.8. The molecule has 0 N–H and O–H groups in total. The molecular weight excluding hydrogens is 298 g/mol. The lowest BCUT2D eigenvalue weighted by Gasteiger charge is -2.08. The van der Waals surface area contributed by atoms with Gasteiger partial charge in [-0.1, -0.05) is 42.5 Å². The lowest BCUT2D eigenvalue weighted by molar-refractivity contribution is 0.0974. The van der Waals surface area contributed by atoms with Gasteiger partial charge in [-0.2, -0.15) is 0 Å². The SMILES string of the molecule is O=C(Cn1c(-c2cccnc2)nc2ccccc21)c1ccccc1. The lowest BCUT2D eigenvalue weighted by atomic mass is 10.1. The molecule has 0 aliphatic rings. The molecule has 4 rings (SSSR count). The van der Waals surface area contributed by atoms with Gasteiger partial charge in [0.05, 0.1) is 17.6 Å². The van der Waals surface area contributed by atoms with E-state index in [1.807, 2.05) is 71.3 Å². The Kier molecular flexibility index (Phi) is 3.63. The topological polar surface area (TPSA) is 47.8 Å². The smallest absolute Gasteiger partial charge is 0.182 e. The van der Waals surface area contributed by atoms with Gasteiger partial charge in [0.15, 0.2) is 5.78 Å². The fourth-order valence-electron chi connectivity index (χ4n) is 2.81. The molecule has 0 bridgehead atoms. The highest BCUT2D eigenvalue weighted by Crippen LogP contribution is 2.24. The van der Waals surface area contributed by atoms with Crippen molar-refractivity contribution >= 4 is 16.8 Å². The molecule has 0 saturated carbocycles. The van der Waals surface area contributed by atoms with E-state index in [1.165, 1.54) is 0 Å². The lowest BCUT2D eigenvalue weighted by Crippen LogP contribution is -2.11. The van der Waals surface area contributed by atoms with Crippen molar-refractivity contribution in [3.05, 3.63) is 84.7 Å². The third-order valence-corrected chi connectivity index (χ3v) is 3.97. The highest BCUT2D eigenvalue weighted by molar-refractivity contribution is 5.97. The molecule has 0 amide bonds. The van der Waals surface area contributed by atoms with Gasteiger partial charge in [0.25, 0.3) is 0 Å². The van der Waals surface area contributed by atoms with Crippen LogP contribution in [0.4, 0.5) is 0 Å². The van der Waals surface area contributed by atoms with Gasteiger partial charge < -0.3 is 4.57 Å². The monoisotopic (exact) mass is 313 g/mol. The fraction of sp³-hybridized carbons (Fsp3) is 0.0500. The van der Waals surface area contributed by atoms with Crippen molar-refractivity contribution in [3.8, 4) is 11.4 Å². The minimum absolute atomic E-state index is 0.0592. The second-order valence-electron chi connectivity index (χ2n) is 5.54. The van der Waals surface area contributed by atoms with Crippen molar-refractivity contribution in [2.45, 2.75) is 6.54 Å². The number of nitrogens with zero attached hydrogens (tertiary/aromatic N) is 3. The van der Waals surface area contributed by atoms with E-state index in [-0.39, 0.29) is 12.3 Å². The molecule has 2 heterocycles. The maximum absolute atomic E-state index is 12.7. The van der Waals surface area contributed by atoms with E-state index >= 15 is 0 Å². The zero-order chi connectivity index (χ0) is 16.4. The first-order valence-electron chi connectivity index (χ1n) is 7.77. The Morgan fingerprint density at radius 3 is 2.50 bits per heavy atom. The molecule has 2 aromatic heterocycles. The molecule has 0 saturated heterocycles. The number of ketones is 1. The number of hydrogen-bond donors (Lipinski definition) is 0. The Hall–Kier alpha value is -3.27. The summed E-state index contributed by atoms with van der Waals surface area (Å²) in [4.78, 5) is 21.5. The molecular formula is C20H15N3O. The van der Waals surface area contributed by atoms with E-state index in [9.17, 15) is 4.79 Å². The average molecular weight is 313 g/mol. The van der Waals surface area contributed by atoms with Crippen molar-refractivity contribution < 1.29 is 4.79 Å². The number of benzene rings is 2. The van der Waals surface area contributed by atoms with Crippen LogP contribution in [0.1, 0.15) is 10.4 Å².